The van der Waals surface area contributed by atoms with Crippen LogP contribution in [0.3, 0.4) is 0 Å². The maximum atomic E-state index is 11.7. The third kappa shape index (κ3) is 1.69. The quantitative estimate of drug-likeness (QED) is 0.805. The molecule has 0 aliphatic carbocycles. The second-order valence-electron chi connectivity index (χ2n) is 3.58. The number of aryl methyl sites for hydroxylation is 1. The lowest BCUT2D eigenvalue weighted by atomic mass is 10.1. The van der Waals surface area contributed by atoms with Gasteiger partial charge in [-0.15, -0.1) is 0 Å². The molecule has 1 aromatic heterocycles. The molecule has 16 heavy (non-hydrogen) atoms. The monoisotopic (exact) mass is 217 g/mol. The van der Waals surface area contributed by atoms with E-state index in [4.69, 9.17) is 5.11 Å². The van der Waals surface area contributed by atoms with E-state index in [-0.39, 0.29) is 11.0 Å². The highest BCUT2D eigenvalue weighted by Crippen LogP contribution is 2.11. The predicted octanol–water partition coefficient (Wildman–Crippen LogP) is 1.79. The average Bonchev–Trinajstić information content (AvgIpc) is 2.28. The molecule has 0 bridgehead atoms. The average molecular weight is 217 g/mol. The first kappa shape index (κ1) is 10.4. The number of carboxylic acids is 1. The van der Waals surface area contributed by atoms with Crippen LogP contribution in [-0.2, 0) is 6.42 Å². The van der Waals surface area contributed by atoms with Crippen molar-refractivity contribution < 1.29 is 9.90 Å². The maximum Gasteiger partial charge on any atom is 0.335 e. The zero-order valence-corrected chi connectivity index (χ0v) is 8.78. The molecule has 2 rings (SSSR count). The van der Waals surface area contributed by atoms with Crippen LogP contribution in [-0.4, -0.2) is 16.1 Å². The standard InChI is InChI=1S/C12H11NO3/c1-2-8-6-11(14)9-5-7(12(15)16)3-4-10(9)13-8/h3-6H,2H2,1H3,(H,13,14)(H,15,16). The van der Waals surface area contributed by atoms with Crippen LogP contribution in [0.25, 0.3) is 10.9 Å². The molecular formula is C12H11NO3. The normalized spacial score (nSPS) is 10.6. The molecule has 4 heteroatoms. The molecule has 2 aromatic rings. The number of hydrogen-bond acceptors (Lipinski definition) is 2. The van der Waals surface area contributed by atoms with Crippen molar-refractivity contribution in [3.05, 3.63) is 45.7 Å². The molecule has 0 aliphatic heterocycles. The lowest BCUT2D eigenvalue weighted by Crippen LogP contribution is -2.06. The Hall–Kier alpha value is -2.10. The van der Waals surface area contributed by atoms with Gasteiger partial charge in [-0.05, 0) is 24.6 Å². The number of hydrogen-bond donors (Lipinski definition) is 2. The molecule has 0 aliphatic rings. The summed E-state index contributed by atoms with van der Waals surface area (Å²) in [6.07, 6.45) is 0.742. The third-order valence-electron chi connectivity index (χ3n) is 2.51. The van der Waals surface area contributed by atoms with Crippen molar-refractivity contribution in [3.63, 3.8) is 0 Å². The molecule has 0 radical (unpaired) electrons. The van der Waals surface area contributed by atoms with Crippen molar-refractivity contribution in [2.45, 2.75) is 13.3 Å². The van der Waals surface area contributed by atoms with E-state index in [0.29, 0.717) is 10.9 Å². The number of carboxylic acid groups (broad SMARTS) is 1. The molecule has 4 nitrogen and oxygen atoms in total. The summed E-state index contributed by atoms with van der Waals surface area (Å²) in [6.45, 7) is 1.95. The van der Waals surface area contributed by atoms with Gasteiger partial charge in [-0.1, -0.05) is 6.92 Å². The zero-order valence-electron chi connectivity index (χ0n) is 8.78. The zero-order chi connectivity index (χ0) is 11.7. The maximum absolute atomic E-state index is 11.7. The minimum absolute atomic E-state index is 0.127. The van der Waals surface area contributed by atoms with Crippen molar-refractivity contribution in [2.24, 2.45) is 0 Å². The number of aromatic carboxylic acids is 1. The summed E-state index contributed by atoms with van der Waals surface area (Å²) in [4.78, 5) is 25.6. The molecule has 0 saturated carbocycles. The predicted molar refractivity (Wildman–Crippen MR) is 60.9 cm³/mol. The smallest absolute Gasteiger partial charge is 0.335 e. The van der Waals surface area contributed by atoms with Gasteiger partial charge in [0.1, 0.15) is 0 Å². The Kier molecular flexibility index (Phi) is 2.48. The van der Waals surface area contributed by atoms with Crippen molar-refractivity contribution in [3.8, 4) is 0 Å². The SMILES string of the molecule is CCc1cc(=O)c2cc(C(=O)O)ccc2[nH]1. The fourth-order valence-corrected chi connectivity index (χ4v) is 1.63. The Morgan fingerprint density at radius 3 is 2.75 bits per heavy atom. The first-order valence-corrected chi connectivity index (χ1v) is 5.01. The van der Waals surface area contributed by atoms with Crippen molar-refractivity contribution in [2.75, 3.05) is 0 Å². The van der Waals surface area contributed by atoms with Crippen LogP contribution in [0, 0.1) is 0 Å². The number of fused-ring (bicyclic) bond motifs is 1. The molecule has 0 atom stereocenters. The Morgan fingerprint density at radius 1 is 1.38 bits per heavy atom. The van der Waals surface area contributed by atoms with Crippen molar-refractivity contribution in [1.29, 1.82) is 0 Å². The van der Waals surface area contributed by atoms with Crippen LogP contribution in [0.4, 0.5) is 0 Å². The second-order valence-corrected chi connectivity index (χ2v) is 3.58. The molecule has 0 spiro atoms. The summed E-state index contributed by atoms with van der Waals surface area (Å²) in [7, 11) is 0. The lowest BCUT2D eigenvalue weighted by Gasteiger charge is -2.02. The molecule has 2 N–H and O–H groups in total. The van der Waals surface area contributed by atoms with Gasteiger partial charge in [-0.25, -0.2) is 4.79 Å². The summed E-state index contributed by atoms with van der Waals surface area (Å²) in [6, 6.07) is 6.02. The van der Waals surface area contributed by atoms with E-state index in [2.05, 4.69) is 4.98 Å². The van der Waals surface area contributed by atoms with Gasteiger partial charge >= 0.3 is 5.97 Å². The summed E-state index contributed by atoms with van der Waals surface area (Å²) < 4.78 is 0. The van der Waals surface area contributed by atoms with Crippen LogP contribution in [0.15, 0.2) is 29.1 Å². The van der Waals surface area contributed by atoms with Gasteiger partial charge in [-0.2, -0.15) is 0 Å². The van der Waals surface area contributed by atoms with Crippen LogP contribution >= 0.6 is 0 Å². The number of nitrogens with one attached hydrogen (secondary N) is 1. The highest BCUT2D eigenvalue weighted by atomic mass is 16.4. The molecule has 0 unspecified atom stereocenters. The lowest BCUT2D eigenvalue weighted by molar-refractivity contribution is 0.0697. The molecular weight excluding hydrogens is 206 g/mol. The number of rotatable bonds is 2. The Balaban J connectivity index is 2.75. The molecule has 1 aromatic carbocycles. The van der Waals surface area contributed by atoms with Gasteiger partial charge in [0, 0.05) is 22.7 Å². The van der Waals surface area contributed by atoms with Crippen molar-refractivity contribution >= 4 is 16.9 Å². The van der Waals surface area contributed by atoms with Crippen LogP contribution in [0.1, 0.15) is 23.0 Å². The molecule has 0 fully saturated rings. The van der Waals surface area contributed by atoms with Crippen LogP contribution in [0.2, 0.25) is 0 Å². The van der Waals surface area contributed by atoms with E-state index in [1.807, 2.05) is 6.92 Å². The number of H-pyrrole nitrogens is 1. The molecule has 0 amide bonds. The van der Waals surface area contributed by atoms with Gasteiger partial charge in [-0.3, -0.25) is 4.79 Å². The van der Waals surface area contributed by atoms with Crippen molar-refractivity contribution in [1.82, 2.24) is 4.98 Å². The topological polar surface area (TPSA) is 70.2 Å². The fourth-order valence-electron chi connectivity index (χ4n) is 1.63. The number of aromatic nitrogens is 1. The molecule has 0 saturated heterocycles. The molecule has 1 heterocycles. The number of carbonyl (C=O) groups is 1. The van der Waals surface area contributed by atoms with E-state index < -0.39 is 5.97 Å². The second kappa shape index (κ2) is 3.81. The minimum atomic E-state index is -1.03. The summed E-state index contributed by atoms with van der Waals surface area (Å²) >= 11 is 0. The van der Waals surface area contributed by atoms with Crippen LogP contribution < -0.4 is 5.43 Å². The Bertz CT molecular complexity index is 613. The van der Waals surface area contributed by atoms with Gasteiger partial charge in [0.25, 0.3) is 0 Å². The first-order valence-electron chi connectivity index (χ1n) is 5.01. The summed E-state index contributed by atoms with van der Waals surface area (Å²) in [5.74, 6) is -1.03. The highest BCUT2D eigenvalue weighted by Gasteiger charge is 2.06. The Labute approximate surface area is 91.5 Å². The largest absolute Gasteiger partial charge is 0.478 e. The van der Waals surface area contributed by atoms with E-state index in [1.165, 1.54) is 18.2 Å². The van der Waals surface area contributed by atoms with E-state index >= 15 is 0 Å². The number of benzene rings is 1. The first-order chi connectivity index (χ1) is 7.61. The highest BCUT2D eigenvalue weighted by molar-refractivity contribution is 5.93. The summed E-state index contributed by atoms with van der Waals surface area (Å²) in [5.41, 5.74) is 1.51. The van der Waals surface area contributed by atoms with Gasteiger partial charge < -0.3 is 10.1 Å². The van der Waals surface area contributed by atoms with Gasteiger partial charge in [0.05, 0.1) is 5.56 Å². The van der Waals surface area contributed by atoms with E-state index in [9.17, 15) is 9.59 Å². The van der Waals surface area contributed by atoms with E-state index in [1.54, 1.807) is 6.07 Å². The number of aromatic amines is 1. The Morgan fingerprint density at radius 2 is 2.12 bits per heavy atom. The van der Waals surface area contributed by atoms with Gasteiger partial charge in [0.2, 0.25) is 0 Å². The van der Waals surface area contributed by atoms with Crippen LogP contribution in [0.5, 0.6) is 0 Å². The van der Waals surface area contributed by atoms with E-state index in [0.717, 1.165) is 12.1 Å². The summed E-state index contributed by atoms with van der Waals surface area (Å²) in [5, 5.41) is 9.24. The molecule has 82 valence electrons. The minimum Gasteiger partial charge on any atom is -0.478 e. The third-order valence-corrected chi connectivity index (χ3v) is 2.51. The van der Waals surface area contributed by atoms with Gasteiger partial charge in [0.15, 0.2) is 5.43 Å². The number of pyridine rings is 1. The fraction of sp³-hybridized carbons (Fsp3) is 0.167.